The van der Waals surface area contributed by atoms with Gasteiger partial charge in [-0.3, -0.25) is 4.79 Å². The van der Waals surface area contributed by atoms with Crippen molar-refractivity contribution in [1.29, 1.82) is 0 Å². The van der Waals surface area contributed by atoms with Gasteiger partial charge in [-0.1, -0.05) is 13.8 Å². The van der Waals surface area contributed by atoms with Gasteiger partial charge in [-0.05, 0) is 6.42 Å². The van der Waals surface area contributed by atoms with Crippen molar-refractivity contribution in [3.05, 3.63) is 0 Å². The highest BCUT2D eigenvalue weighted by Gasteiger charge is 2.08. The van der Waals surface area contributed by atoms with Crippen molar-refractivity contribution in [3.63, 3.8) is 0 Å². The number of rotatable bonds is 4. The molecule has 1 heteroatoms. The Balaban J connectivity index is 3.54. The van der Waals surface area contributed by atoms with Crippen LogP contribution >= 0.6 is 0 Å². The molecule has 0 aromatic heterocycles. The fraction of sp³-hybridized carbons (Fsp3) is 0.667. The Bertz CT molecular complexity index is 141. The molecule has 10 heavy (non-hydrogen) atoms. The van der Waals surface area contributed by atoms with Gasteiger partial charge < -0.3 is 0 Å². The van der Waals surface area contributed by atoms with Crippen molar-refractivity contribution in [1.82, 2.24) is 0 Å². The molecule has 1 unspecified atom stereocenters. The largest absolute Gasteiger partial charge is 0.299 e. The van der Waals surface area contributed by atoms with E-state index in [1.807, 2.05) is 13.8 Å². The van der Waals surface area contributed by atoms with Crippen molar-refractivity contribution < 1.29 is 4.79 Å². The number of terminal acetylenes is 1. The standard InChI is InChI=1S/C9H14O/c1-4-6-7-9(10)8(3)5-2/h1,8H,5-7H2,2-3H3. The molecule has 1 nitrogen and oxygen atoms in total. The lowest BCUT2D eigenvalue weighted by molar-refractivity contribution is -0.122. The lowest BCUT2D eigenvalue weighted by Gasteiger charge is -2.03. The molecule has 0 aliphatic heterocycles. The van der Waals surface area contributed by atoms with Gasteiger partial charge in [-0.2, -0.15) is 0 Å². The molecule has 0 saturated heterocycles. The highest BCUT2D eigenvalue weighted by Crippen LogP contribution is 2.05. The quantitative estimate of drug-likeness (QED) is 0.543. The second kappa shape index (κ2) is 5.05. The van der Waals surface area contributed by atoms with Crippen LogP contribution in [0, 0.1) is 18.3 Å². The first-order valence-electron chi connectivity index (χ1n) is 3.68. The maximum Gasteiger partial charge on any atom is 0.136 e. The Morgan fingerprint density at radius 2 is 2.30 bits per heavy atom. The molecule has 0 radical (unpaired) electrons. The maximum absolute atomic E-state index is 11.0. The van der Waals surface area contributed by atoms with Crippen LogP contribution in [0.5, 0.6) is 0 Å². The van der Waals surface area contributed by atoms with E-state index in [4.69, 9.17) is 6.42 Å². The van der Waals surface area contributed by atoms with Crippen molar-refractivity contribution in [2.45, 2.75) is 33.1 Å². The lowest BCUT2D eigenvalue weighted by atomic mass is 10.0. The summed E-state index contributed by atoms with van der Waals surface area (Å²) in [7, 11) is 0. The van der Waals surface area contributed by atoms with Gasteiger partial charge in [-0.25, -0.2) is 0 Å². The summed E-state index contributed by atoms with van der Waals surface area (Å²) >= 11 is 0. The van der Waals surface area contributed by atoms with Crippen molar-refractivity contribution in [3.8, 4) is 12.3 Å². The van der Waals surface area contributed by atoms with Gasteiger partial charge in [0.2, 0.25) is 0 Å². The molecule has 0 N–H and O–H groups in total. The van der Waals surface area contributed by atoms with Gasteiger partial charge in [0, 0.05) is 18.8 Å². The Morgan fingerprint density at radius 1 is 1.70 bits per heavy atom. The van der Waals surface area contributed by atoms with E-state index in [0.29, 0.717) is 18.6 Å². The molecule has 0 aliphatic rings. The summed E-state index contributed by atoms with van der Waals surface area (Å²) < 4.78 is 0. The third kappa shape index (κ3) is 3.29. The molecule has 0 rings (SSSR count). The monoisotopic (exact) mass is 138 g/mol. The molecule has 1 atom stereocenters. The van der Waals surface area contributed by atoms with Crippen LogP contribution in [0.2, 0.25) is 0 Å². The van der Waals surface area contributed by atoms with Gasteiger partial charge >= 0.3 is 0 Å². The number of ketones is 1. The first kappa shape index (κ1) is 9.23. The van der Waals surface area contributed by atoms with E-state index >= 15 is 0 Å². The van der Waals surface area contributed by atoms with E-state index in [0.717, 1.165) is 6.42 Å². The number of hydrogen-bond acceptors (Lipinski definition) is 1. The van der Waals surface area contributed by atoms with Crippen LogP contribution in [-0.2, 0) is 4.79 Å². The predicted molar refractivity (Wildman–Crippen MR) is 42.5 cm³/mol. The minimum Gasteiger partial charge on any atom is -0.299 e. The smallest absolute Gasteiger partial charge is 0.136 e. The van der Waals surface area contributed by atoms with Gasteiger partial charge in [0.1, 0.15) is 5.78 Å². The van der Waals surface area contributed by atoms with Crippen molar-refractivity contribution in [2.24, 2.45) is 5.92 Å². The first-order valence-corrected chi connectivity index (χ1v) is 3.68. The molecule has 0 amide bonds. The average Bonchev–Trinajstić information content (AvgIpc) is 1.98. The van der Waals surface area contributed by atoms with Crippen molar-refractivity contribution >= 4 is 5.78 Å². The molecular weight excluding hydrogens is 124 g/mol. The van der Waals surface area contributed by atoms with E-state index in [1.165, 1.54) is 0 Å². The van der Waals surface area contributed by atoms with E-state index in [9.17, 15) is 4.79 Å². The minimum absolute atomic E-state index is 0.188. The van der Waals surface area contributed by atoms with E-state index in [1.54, 1.807) is 0 Å². The highest BCUT2D eigenvalue weighted by atomic mass is 16.1. The van der Waals surface area contributed by atoms with E-state index in [-0.39, 0.29) is 5.92 Å². The third-order valence-electron chi connectivity index (χ3n) is 1.68. The van der Waals surface area contributed by atoms with Crippen molar-refractivity contribution in [2.75, 3.05) is 0 Å². The molecule has 0 heterocycles. The molecule has 0 aromatic rings. The lowest BCUT2D eigenvalue weighted by Crippen LogP contribution is -2.08. The van der Waals surface area contributed by atoms with Crippen LogP contribution in [0.25, 0.3) is 0 Å². The zero-order valence-electron chi connectivity index (χ0n) is 6.68. The van der Waals surface area contributed by atoms with Gasteiger partial charge in [-0.15, -0.1) is 12.3 Å². The van der Waals surface area contributed by atoms with Crippen LogP contribution in [0.1, 0.15) is 33.1 Å². The summed E-state index contributed by atoms with van der Waals surface area (Å²) in [4.78, 5) is 11.0. The van der Waals surface area contributed by atoms with E-state index in [2.05, 4.69) is 5.92 Å². The zero-order valence-corrected chi connectivity index (χ0v) is 6.68. The highest BCUT2D eigenvalue weighted by molar-refractivity contribution is 5.80. The van der Waals surface area contributed by atoms with Gasteiger partial charge in [0.15, 0.2) is 0 Å². The molecule has 0 saturated carbocycles. The normalized spacial score (nSPS) is 12.1. The molecule has 0 bridgehead atoms. The van der Waals surface area contributed by atoms with E-state index < -0.39 is 0 Å². The fourth-order valence-corrected chi connectivity index (χ4v) is 0.669. The molecule has 0 aliphatic carbocycles. The second-order valence-electron chi connectivity index (χ2n) is 2.48. The summed E-state index contributed by atoms with van der Waals surface area (Å²) in [6, 6.07) is 0. The van der Waals surface area contributed by atoms with Crippen LogP contribution in [0.15, 0.2) is 0 Å². The Labute approximate surface area is 62.8 Å². The second-order valence-corrected chi connectivity index (χ2v) is 2.48. The SMILES string of the molecule is C#CCCC(=O)C(C)CC. The topological polar surface area (TPSA) is 17.1 Å². The van der Waals surface area contributed by atoms with Crippen LogP contribution in [0.4, 0.5) is 0 Å². The van der Waals surface area contributed by atoms with Crippen LogP contribution < -0.4 is 0 Å². The van der Waals surface area contributed by atoms with Crippen LogP contribution in [0.3, 0.4) is 0 Å². The van der Waals surface area contributed by atoms with Gasteiger partial charge in [0.25, 0.3) is 0 Å². The summed E-state index contributed by atoms with van der Waals surface area (Å²) in [5.74, 6) is 2.94. The zero-order chi connectivity index (χ0) is 7.98. The number of hydrogen-bond donors (Lipinski definition) is 0. The molecular formula is C9H14O. The number of carbonyl (C=O) groups is 1. The fourth-order valence-electron chi connectivity index (χ4n) is 0.669. The Morgan fingerprint density at radius 3 is 2.70 bits per heavy atom. The number of carbonyl (C=O) groups excluding carboxylic acids is 1. The summed E-state index contributed by atoms with van der Waals surface area (Å²) in [5, 5.41) is 0. The molecule has 0 fully saturated rings. The minimum atomic E-state index is 0.188. The molecule has 0 aromatic carbocycles. The van der Waals surface area contributed by atoms with Crippen LogP contribution in [-0.4, -0.2) is 5.78 Å². The number of Topliss-reactive ketones (excluding diaryl/α,β-unsaturated/α-hetero) is 1. The Kier molecular flexibility index (Phi) is 4.66. The summed E-state index contributed by atoms with van der Waals surface area (Å²) in [6.45, 7) is 3.96. The first-order chi connectivity index (χ1) is 4.72. The molecule has 0 spiro atoms. The van der Waals surface area contributed by atoms with Gasteiger partial charge in [0.05, 0.1) is 0 Å². The third-order valence-corrected chi connectivity index (χ3v) is 1.68. The summed E-state index contributed by atoms with van der Waals surface area (Å²) in [6.07, 6.45) is 7.07. The maximum atomic E-state index is 11.0. The Hall–Kier alpha value is -0.770. The predicted octanol–water partition coefficient (Wildman–Crippen LogP) is 2.01. The summed E-state index contributed by atoms with van der Waals surface area (Å²) in [5.41, 5.74) is 0. The average molecular weight is 138 g/mol. The molecule has 56 valence electrons.